The van der Waals surface area contributed by atoms with E-state index in [0.29, 0.717) is 25.9 Å². The number of rotatable bonds is 6. The van der Waals surface area contributed by atoms with Gasteiger partial charge in [-0.15, -0.1) is 0 Å². The van der Waals surface area contributed by atoms with E-state index in [1.807, 2.05) is 18.7 Å². The third-order valence-electron chi connectivity index (χ3n) is 5.61. The Morgan fingerprint density at radius 2 is 1.85 bits per heavy atom. The van der Waals surface area contributed by atoms with Crippen molar-refractivity contribution in [2.24, 2.45) is 5.92 Å². The molecular weight excluding hydrogens is 371 g/mol. The largest absolute Gasteiger partial charge is 0.369 e. The average Bonchev–Trinajstić information content (AvgIpc) is 2.61. The van der Waals surface area contributed by atoms with E-state index in [0.717, 1.165) is 0 Å². The molecule has 150 valence electrons. The van der Waals surface area contributed by atoms with Gasteiger partial charge in [0.25, 0.3) is 5.91 Å². The number of piperidine rings is 1. The van der Waals surface area contributed by atoms with Crippen LogP contribution < -0.4 is 0 Å². The zero-order valence-corrected chi connectivity index (χ0v) is 16.8. The van der Waals surface area contributed by atoms with Gasteiger partial charge in [-0.2, -0.15) is 0 Å². The van der Waals surface area contributed by atoms with Crippen molar-refractivity contribution < 1.29 is 22.3 Å². The van der Waals surface area contributed by atoms with Gasteiger partial charge in [0.05, 0.1) is 11.8 Å². The first kappa shape index (κ1) is 20.2. The highest BCUT2D eigenvalue weighted by atomic mass is 32.2. The average molecular weight is 399 g/mol. The highest BCUT2D eigenvalue weighted by Crippen LogP contribution is 2.36. The van der Waals surface area contributed by atoms with Crippen molar-refractivity contribution in [2.45, 2.75) is 50.6 Å². The van der Waals surface area contributed by atoms with Crippen LogP contribution in [-0.4, -0.2) is 61.9 Å². The lowest BCUT2D eigenvalue weighted by atomic mass is 9.79. The van der Waals surface area contributed by atoms with E-state index in [4.69, 9.17) is 4.74 Å². The normalized spacial score (nSPS) is 25.1. The highest BCUT2D eigenvalue weighted by Gasteiger charge is 2.52. The molecule has 0 saturated carbocycles. The van der Waals surface area contributed by atoms with Gasteiger partial charge in [-0.3, -0.25) is 4.79 Å². The molecule has 0 N–H and O–H groups in total. The third-order valence-corrected chi connectivity index (χ3v) is 7.44. The summed E-state index contributed by atoms with van der Waals surface area (Å²) < 4.78 is 46.0. The molecule has 2 atom stereocenters. The van der Waals surface area contributed by atoms with E-state index in [9.17, 15) is 17.6 Å². The summed E-state index contributed by atoms with van der Waals surface area (Å²) in [5.74, 6) is -0.619. The van der Waals surface area contributed by atoms with Gasteiger partial charge in [0.2, 0.25) is 10.0 Å². The summed E-state index contributed by atoms with van der Waals surface area (Å²) in [4.78, 5) is 14.1. The molecule has 8 heteroatoms. The predicted octanol–water partition coefficient (Wildman–Crippen LogP) is 2.00. The van der Waals surface area contributed by atoms with Crippen molar-refractivity contribution in [3.8, 4) is 0 Å². The Balaban J connectivity index is 1.64. The van der Waals surface area contributed by atoms with Crippen LogP contribution >= 0.6 is 0 Å². The second-order valence-electron chi connectivity index (χ2n) is 7.57. The molecular formula is C19H27FN2O4S. The molecule has 1 aromatic carbocycles. The van der Waals surface area contributed by atoms with Gasteiger partial charge < -0.3 is 9.64 Å². The van der Waals surface area contributed by atoms with Crippen LogP contribution in [0.4, 0.5) is 4.39 Å². The number of hydrogen-bond acceptors (Lipinski definition) is 4. The van der Waals surface area contributed by atoms with E-state index in [-0.39, 0.29) is 35.2 Å². The fourth-order valence-corrected chi connectivity index (χ4v) is 5.79. The molecule has 6 nitrogen and oxygen atoms in total. The number of β-lactam (4-membered cyclic amide) rings is 1. The topological polar surface area (TPSA) is 66.9 Å². The van der Waals surface area contributed by atoms with Crippen molar-refractivity contribution in [1.82, 2.24) is 9.21 Å². The van der Waals surface area contributed by atoms with Gasteiger partial charge in [0.1, 0.15) is 5.82 Å². The lowest BCUT2D eigenvalue weighted by molar-refractivity contribution is -0.181. The standard InChI is InChI=1S/C19H27FN2O4S/c1-13(2)22-17(18(26-3)19(22)23)14-8-10-21(11-9-14)27(24,25)12-15-6-4-5-7-16(15)20/h4-7,13-14,17-18H,8-12H2,1-3H3/t17-,18+/m0/s1. The smallest absolute Gasteiger partial charge is 0.254 e. The third kappa shape index (κ3) is 3.88. The van der Waals surface area contributed by atoms with Crippen molar-refractivity contribution >= 4 is 15.9 Å². The van der Waals surface area contributed by atoms with E-state index >= 15 is 0 Å². The van der Waals surface area contributed by atoms with Crippen LogP contribution in [0.15, 0.2) is 24.3 Å². The lowest BCUT2D eigenvalue weighted by Gasteiger charge is -2.53. The van der Waals surface area contributed by atoms with Crippen molar-refractivity contribution in [1.29, 1.82) is 0 Å². The quantitative estimate of drug-likeness (QED) is 0.688. The molecule has 1 amide bonds. The molecule has 0 aromatic heterocycles. The number of likely N-dealkylation sites (tertiary alicyclic amines) is 1. The van der Waals surface area contributed by atoms with Crippen molar-refractivity contribution in [3.63, 3.8) is 0 Å². The number of sulfonamides is 1. The molecule has 1 aromatic rings. The minimum atomic E-state index is -3.57. The first-order chi connectivity index (χ1) is 12.8. The first-order valence-electron chi connectivity index (χ1n) is 9.32. The molecule has 2 saturated heterocycles. The summed E-state index contributed by atoms with van der Waals surface area (Å²) in [7, 11) is -2.03. The molecule has 0 unspecified atom stereocenters. The number of carbonyl (C=O) groups is 1. The van der Waals surface area contributed by atoms with E-state index in [1.54, 1.807) is 19.2 Å². The summed E-state index contributed by atoms with van der Waals surface area (Å²) in [6.07, 6.45) is 0.897. The molecule has 0 bridgehead atoms. The zero-order valence-electron chi connectivity index (χ0n) is 16.0. The van der Waals surface area contributed by atoms with Gasteiger partial charge in [-0.05, 0) is 38.7 Å². The number of benzene rings is 1. The first-order valence-corrected chi connectivity index (χ1v) is 10.9. The van der Waals surface area contributed by atoms with E-state index in [1.165, 1.54) is 16.4 Å². The maximum atomic E-state index is 13.8. The SMILES string of the molecule is CO[C@H]1C(=O)N(C(C)C)[C@H]1C1CCN(S(=O)(=O)Cc2ccccc2F)CC1. The number of nitrogens with zero attached hydrogens (tertiary/aromatic N) is 2. The Morgan fingerprint density at radius 3 is 2.41 bits per heavy atom. The Bertz CT molecular complexity index is 791. The van der Waals surface area contributed by atoms with Gasteiger partial charge in [-0.25, -0.2) is 17.1 Å². The van der Waals surface area contributed by atoms with Crippen LogP contribution in [0.5, 0.6) is 0 Å². The molecule has 3 rings (SSSR count). The second kappa shape index (κ2) is 7.85. The summed E-state index contributed by atoms with van der Waals surface area (Å²) in [6.45, 7) is 4.72. The Kier molecular flexibility index (Phi) is 5.88. The fraction of sp³-hybridized carbons (Fsp3) is 0.632. The summed E-state index contributed by atoms with van der Waals surface area (Å²) in [5, 5.41) is 0. The predicted molar refractivity (Wildman–Crippen MR) is 99.9 cm³/mol. The number of amides is 1. The van der Waals surface area contributed by atoms with Crippen molar-refractivity contribution in [3.05, 3.63) is 35.6 Å². The van der Waals surface area contributed by atoms with Crippen LogP contribution in [0.3, 0.4) is 0 Å². The van der Waals surface area contributed by atoms with Crippen LogP contribution in [0.1, 0.15) is 32.3 Å². The summed E-state index contributed by atoms with van der Waals surface area (Å²) in [5.41, 5.74) is 0.189. The fourth-order valence-electron chi connectivity index (χ4n) is 4.22. The molecule has 2 aliphatic heterocycles. The molecule has 2 aliphatic rings. The Labute approximate surface area is 160 Å². The number of halogens is 1. The minimum Gasteiger partial charge on any atom is -0.369 e. The number of hydrogen-bond donors (Lipinski definition) is 0. The maximum Gasteiger partial charge on any atom is 0.254 e. The molecule has 27 heavy (non-hydrogen) atoms. The molecule has 2 heterocycles. The van der Waals surface area contributed by atoms with Gasteiger partial charge in [0.15, 0.2) is 6.10 Å². The van der Waals surface area contributed by atoms with Gasteiger partial charge in [0, 0.05) is 31.8 Å². The Hall–Kier alpha value is -1.51. The maximum absolute atomic E-state index is 13.8. The molecule has 2 fully saturated rings. The number of ether oxygens (including phenoxy) is 1. The van der Waals surface area contributed by atoms with E-state index < -0.39 is 21.9 Å². The molecule has 0 radical (unpaired) electrons. The van der Waals surface area contributed by atoms with Gasteiger partial charge in [-0.1, -0.05) is 18.2 Å². The zero-order chi connectivity index (χ0) is 19.8. The summed E-state index contributed by atoms with van der Waals surface area (Å²) >= 11 is 0. The van der Waals surface area contributed by atoms with Crippen LogP contribution in [-0.2, 0) is 25.3 Å². The monoisotopic (exact) mass is 398 g/mol. The Morgan fingerprint density at radius 1 is 1.22 bits per heavy atom. The highest BCUT2D eigenvalue weighted by molar-refractivity contribution is 7.88. The number of methoxy groups -OCH3 is 1. The van der Waals surface area contributed by atoms with E-state index in [2.05, 4.69) is 0 Å². The molecule has 0 spiro atoms. The van der Waals surface area contributed by atoms with Crippen LogP contribution in [0.2, 0.25) is 0 Å². The summed E-state index contributed by atoms with van der Waals surface area (Å²) in [6, 6.07) is 6.05. The van der Waals surface area contributed by atoms with Crippen LogP contribution in [0.25, 0.3) is 0 Å². The van der Waals surface area contributed by atoms with Crippen molar-refractivity contribution in [2.75, 3.05) is 20.2 Å². The lowest BCUT2D eigenvalue weighted by Crippen LogP contribution is -2.70. The number of carbonyl (C=O) groups excluding carboxylic acids is 1. The van der Waals surface area contributed by atoms with Crippen LogP contribution in [0, 0.1) is 11.7 Å². The second-order valence-corrected chi connectivity index (χ2v) is 9.54. The molecule has 0 aliphatic carbocycles. The minimum absolute atomic E-state index is 0.000998. The van der Waals surface area contributed by atoms with Gasteiger partial charge >= 0.3 is 0 Å².